The number of pyridine rings is 1. The van der Waals surface area contributed by atoms with Crippen LogP contribution in [0.4, 0.5) is 0 Å². The summed E-state index contributed by atoms with van der Waals surface area (Å²) in [5.41, 5.74) is 2.92. The zero-order valence-electron chi connectivity index (χ0n) is 12.2. The number of aryl methyl sites for hydroxylation is 1. The second-order valence-corrected chi connectivity index (χ2v) is 6.06. The van der Waals surface area contributed by atoms with Gasteiger partial charge in [0.2, 0.25) is 0 Å². The van der Waals surface area contributed by atoms with Gasteiger partial charge in [-0.2, -0.15) is 0 Å². The van der Waals surface area contributed by atoms with Crippen LogP contribution < -0.4 is 5.56 Å². The van der Waals surface area contributed by atoms with Crippen molar-refractivity contribution in [3.05, 3.63) is 39.3 Å². The highest BCUT2D eigenvalue weighted by molar-refractivity contribution is 5.85. The number of rotatable bonds is 3. The normalized spacial score (nSPS) is 19.0. The highest BCUT2D eigenvalue weighted by Crippen LogP contribution is 2.31. The third-order valence-electron chi connectivity index (χ3n) is 4.66. The summed E-state index contributed by atoms with van der Waals surface area (Å²) in [6.07, 6.45) is 11.3. The molecule has 0 aliphatic heterocycles. The molecule has 1 aromatic heterocycles. The summed E-state index contributed by atoms with van der Waals surface area (Å²) in [6.45, 7) is 0. The minimum atomic E-state index is -1.01. The van der Waals surface area contributed by atoms with Crippen molar-refractivity contribution in [3.8, 4) is 0 Å². The van der Waals surface area contributed by atoms with E-state index >= 15 is 0 Å². The lowest BCUT2D eigenvalue weighted by Gasteiger charge is -2.27. The van der Waals surface area contributed by atoms with Gasteiger partial charge in [0.15, 0.2) is 0 Å². The minimum absolute atomic E-state index is 0.0138. The highest BCUT2D eigenvalue weighted by atomic mass is 16.4. The summed E-state index contributed by atoms with van der Waals surface area (Å²) in [4.78, 5) is 23.5. The van der Waals surface area contributed by atoms with E-state index in [4.69, 9.17) is 5.11 Å². The van der Waals surface area contributed by atoms with E-state index in [9.17, 15) is 9.59 Å². The molecule has 1 aromatic rings. The van der Waals surface area contributed by atoms with E-state index in [2.05, 4.69) is 0 Å². The van der Waals surface area contributed by atoms with Crippen LogP contribution in [0.15, 0.2) is 16.9 Å². The Hall–Kier alpha value is -1.84. The Bertz CT molecular complexity index is 636. The van der Waals surface area contributed by atoms with Crippen LogP contribution in [0.25, 0.3) is 6.08 Å². The van der Waals surface area contributed by atoms with Crippen molar-refractivity contribution in [3.63, 3.8) is 0 Å². The van der Waals surface area contributed by atoms with Crippen LogP contribution in [-0.4, -0.2) is 15.6 Å². The molecule has 1 N–H and O–H groups in total. The Morgan fingerprint density at radius 1 is 1.19 bits per heavy atom. The Morgan fingerprint density at radius 3 is 2.67 bits per heavy atom. The van der Waals surface area contributed by atoms with Crippen LogP contribution in [0.5, 0.6) is 0 Å². The van der Waals surface area contributed by atoms with Crippen molar-refractivity contribution < 1.29 is 9.90 Å². The fourth-order valence-electron chi connectivity index (χ4n) is 3.70. The number of carboxylic acids is 1. The monoisotopic (exact) mass is 287 g/mol. The van der Waals surface area contributed by atoms with Crippen LogP contribution in [0, 0.1) is 0 Å². The highest BCUT2D eigenvalue weighted by Gasteiger charge is 2.24. The fraction of sp³-hybridized carbons (Fsp3) is 0.529. The second kappa shape index (κ2) is 5.88. The molecule has 1 saturated carbocycles. The van der Waals surface area contributed by atoms with Gasteiger partial charge in [0.1, 0.15) is 0 Å². The lowest BCUT2D eigenvalue weighted by atomic mass is 9.94. The Balaban J connectivity index is 2.08. The number of carbonyl (C=O) groups is 1. The lowest BCUT2D eigenvalue weighted by molar-refractivity contribution is -0.131. The molecule has 0 aromatic carbocycles. The van der Waals surface area contributed by atoms with Crippen LogP contribution in [0.2, 0.25) is 0 Å². The molecule has 0 amide bonds. The van der Waals surface area contributed by atoms with E-state index in [1.165, 1.54) is 36.6 Å². The zero-order valence-corrected chi connectivity index (χ0v) is 12.2. The van der Waals surface area contributed by atoms with Crippen LogP contribution in [0.1, 0.15) is 61.4 Å². The molecule has 112 valence electrons. The maximum atomic E-state index is 12.8. The molecule has 2 aliphatic carbocycles. The Morgan fingerprint density at radius 2 is 1.95 bits per heavy atom. The topological polar surface area (TPSA) is 59.3 Å². The van der Waals surface area contributed by atoms with E-state index in [1.807, 2.05) is 10.6 Å². The van der Waals surface area contributed by atoms with Gasteiger partial charge < -0.3 is 9.67 Å². The largest absolute Gasteiger partial charge is 0.478 e. The molecule has 0 atom stereocenters. The maximum absolute atomic E-state index is 12.8. The molecule has 0 spiro atoms. The van der Waals surface area contributed by atoms with E-state index in [-0.39, 0.29) is 5.56 Å². The summed E-state index contributed by atoms with van der Waals surface area (Å²) >= 11 is 0. The van der Waals surface area contributed by atoms with Crippen molar-refractivity contribution in [1.29, 1.82) is 0 Å². The van der Waals surface area contributed by atoms with Crippen LogP contribution >= 0.6 is 0 Å². The number of hydrogen-bond donors (Lipinski definition) is 1. The van der Waals surface area contributed by atoms with E-state index in [1.54, 1.807) is 0 Å². The number of aliphatic carboxylic acids is 1. The summed E-state index contributed by atoms with van der Waals surface area (Å²) in [5, 5.41) is 8.78. The van der Waals surface area contributed by atoms with E-state index in [0.29, 0.717) is 11.6 Å². The maximum Gasteiger partial charge on any atom is 0.328 e. The van der Waals surface area contributed by atoms with Crippen molar-refractivity contribution in [2.45, 2.75) is 57.4 Å². The minimum Gasteiger partial charge on any atom is -0.478 e. The van der Waals surface area contributed by atoms with Gasteiger partial charge in [0.25, 0.3) is 5.56 Å². The predicted octanol–water partition coefficient (Wildman–Crippen LogP) is 2.94. The molecule has 21 heavy (non-hydrogen) atoms. The third-order valence-corrected chi connectivity index (χ3v) is 4.66. The van der Waals surface area contributed by atoms with Gasteiger partial charge in [-0.3, -0.25) is 4.79 Å². The summed E-state index contributed by atoms with van der Waals surface area (Å²) in [6, 6.07) is 2.19. The SMILES string of the molecule is O=C(O)/C=C/c1cc2c(n(C3CCCCC3)c1=O)CCC2. The van der Waals surface area contributed by atoms with Crippen LogP contribution in [-0.2, 0) is 17.6 Å². The lowest BCUT2D eigenvalue weighted by Crippen LogP contribution is -2.30. The molecule has 4 heteroatoms. The number of carboxylic acid groups (broad SMARTS) is 1. The first-order valence-corrected chi connectivity index (χ1v) is 7.85. The van der Waals surface area contributed by atoms with Gasteiger partial charge in [-0.05, 0) is 49.8 Å². The fourth-order valence-corrected chi connectivity index (χ4v) is 3.70. The number of hydrogen-bond acceptors (Lipinski definition) is 2. The van der Waals surface area contributed by atoms with Crippen LogP contribution in [0.3, 0.4) is 0 Å². The summed E-state index contributed by atoms with van der Waals surface area (Å²) in [7, 11) is 0. The molecule has 1 fully saturated rings. The average molecular weight is 287 g/mol. The Labute approximate surface area is 124 Å². The van der Waals surface area contributed by atoms with Crippen molar-refractivity contribution in [2.75, 3.05) is 0 Å². The molecule has 2 aliphatic rings. The van der Waals surface area contributed by atoms with E-state index in [0.717, 1.165) is 38.2 Å². The molecule has 4 nitrogen and oxygen atoms in total. The Kier molecular flexibility index (Phi) is 3.95. The average Bonchev–Trinajstić information content (AvgIpc) is 2.93. The van der Waals surface area contributed by atoms with Gasteiger partial charge in [-0.1, -0.05) is 19.3 Å². The molecule has 0 unspecified atom stereocenters. The van der Waals surface area contributed by atoms with Gasteiger partial charge in [-0.25, -0.2) is 4.79 Å². The number of aromatic nitrogens is 1. The quantitative estimate of drug-likeness (QED) is 0.870. The van der Waals surface area contributed by atoms with Crippen molar-refractivity contribution in [2.24, 2.45) is 0 Å². The number of nitrogens with zero attached hydrogens (tertiary/aromatic N) is 1. The predicted molar refractivity (Wildman–Crippen MR) is 81.5 cm³/mol. The number of fused-ring (bicyclic) bond motifs is 1. The summed E-state index contributed by atoms with van der Waals surface area (Å²) in [5.74, 6) is -1.01. The molecule has 1 heterocycles. The van der Waals surface area contributed by atoms with E-state index < -0.39 is 5.97 Å². The molecule has 0 saturated heterocycles. The van der Waals surface area contributed by atoms with Gasteiger partial charge in [-0.15, -0.1) is 0 Å². The smallest absolute Gasteiger partial charge is 0.328 e. The molecule has 0 bridgehead atoms. The van der Waals surface area contributed by atoms with Gasteiger partial charge >= 0.3 is 5.97 Å². The standard InChI is InChI=1S/C17H21NO3/c19-16(20)10-9-13-11-12-5-4-8-15(12)18(17(13)21)14-6-2-1-3-7-14/h9-11,14H,1-8H2,(H,19,20)/b10-9+. The molecular weight excluding hydrogens is 266 g/mol. The second-order valence-electron chi connectivity index (χ2n) is 6.06. The van der Waals surface area contributed by atoms with Crippen molar-refractivity contribution >= 4 is 12.0 Å². The molecule has 3 rings (SSSR count). The zero-order chi connectivity index (χ0) is 14.8. The molecular formula is C17H21NO3. The van der Waals surface area contributed by atoms with Gasteiger partial charge in [0, 0.05) is 23.4 Å². The molecule has 0 radical (unpaired) electrons. The third kappa shape index (κ3) is 2.80. The first-order chi connectivity index (χ1) is 10.2. The van der Waals surface area contributed by atoms with Gasteiger partial charge in [0.05, 0.1) is 0 Å². The van der Waals surface area contributed by atoms with Crippen molar-refractivity contribution in [1.82, 2.24) is 4.57 Å². The first kappa shape index (κ1) is 14.1. The first-order valence-electron chi connectivity index (χ1n) is 7.85. The summed E-state index contributed by atoms with van der Waals surface area (Å²) < 4.78 is 1.99.